The molecule has 0 saturated heterocycles. The average molecular weight is 253 g/mol. The molecule has 0 aliphatic rings. The second-order valence-corrected chi connectivity index (χ2v) is 4.88. The van der Waals surface area contributed by atoms with E-state index in [0.717, 1.165) is 0 Å². The van der Waals surface area contributed by atoms with Crippen molar-refractivity contribution in [3.63, 3.8) is 0 Å². The molecular formula is C12H19N3O3. The summed E-state index contributed by atoms with van der Waals surface area (Å²) in [6, 6.07) is -0.941. The summed E-state index contributed by atoms with van der Waals surface area (Å²) in [6.45, 7) is 5.47. The van der Waals surface area contributed by atoms with E-state index in [-0.39, 0.29) is 12.3 Å². The standard InChI is InChI=1S/C12H19N3O3/c1-4-12(2,3)11(18)15-9(10(16)17)5-8-6-13-7-14-8/h6-7,9H,4-5H2,1-3H3,(H,13,14)(H,15,18)(H,16,17)/t9-/m0/s1. The number of hydrogen-bond acceptors (Lipinski definition) is 3. The third-order valence-electron chi connectivity index (χ3n) is 3.08. The van der Waals surface area contributed by atoms with Crippen LogP contribution in [-0.2, 0) is 16.0 Å². The van der Waals surface area contributed by atoms with Crippen LogP contribution in [0.5, 0.6) is 0 Å². The van der Waals surface area contributed by atoms with E-state index in [1.54, 1.807) is 20.0 Å². The molecule has 0 saturated carbocycles. The summed E-state index contributed by atoms with van der Waals surface area (Å²) in [5.74, 6) is -1.30. The first-order chi connectivity index (χ1) is 8.36. The molecule has 0 aliphatic heterocycles. The Morgan fingerprint density at radius 1 is 1.56 bits per heavy atom. The van der Waals surface area contributed by atoms with Crippen LogP contribution in [0.4, 0.5) is 0 Å². The largest absolute Gasteiger partial charge is 0.480 e. The van der Waals surface area contributed by atoms with Crippen molar-refractivity contribution in [1.29, 1.82) is 0 Å². The molecule has 1 atom stereocenters. The lowest BCUT2D eigenvalue weighted by Crippen LogP contribution is -2.47. The topological polar surface area (TPSA) is 95.1 Å². The highest BCUT2D eigenvalue weighted by atomic mass is 16.4. The molecule has 100 valence electrons. The molecule has 0 bridgehead atoms. The fourth-order valence-electron chi connectivity index (χ4n) is 1.33. The predicted molar refractivity (Wildman–Crippen MR) is 65.9 cm³/mol. The molecule has 3 N–H and O–H groups in total. The van der Waals surface area contributed by atoms with Crippen LogP contribution in [0.15, 0.2) is 12.5 Å². The van der Waals surface area contributed by atoms with Gasteiger partial charge in [0.15, 0.2) is 0 Å². The molecule has 0 aromatic carbocycles. The van der Waals surface area contributed by atoms with Gasteiger partial charge in [-0.05, 0) is 6.42 Å². The highest BCUT2D eigenvalue weighted by Gasteiger charge is 2.29. The number of H-pyrrole nitrogens is 1. The number of carbonyl (C=O) groups is 2. The number of aliphatic carboxylic acids is 1. The number of nitrogens with one attached hydrogen (secondary N) is 2. The van der Waals surface area contributed by atoms with Crippen LogP contribution >= 0.6 is 0 Å². The molecule has 1 aromatic rings. The second-order valence-electron chi connectivity index (χ2n) is 4.88. The lowest BCUT2D eigenvalue weighted by Gasteiger charge is -2.24. The van der Waals surface area contributed by atoms with E-state index in [4.69, 9.17) is 5.11 Å². The summed E-state index contributed by atoms with van der Waals surface area (Å²) in [5.41, 5.74) is 0.110. The zero-order chi connectivity index (χ0) is 13.8. The number of carboxylic acids is 1. The van der Waals surface area contributed by atoms with Gasteiger partial charge in [0.05, 0.1) is 6.33 Å². The van der Waals surface area contributed by atoms with Crippen molar-refractivity contribution in [2.45, 2.75) is 39.7 Å². The molecule has 1 rings (SSSR count). The van der Waals surface area contributed by atoms with Crippen molar-refractivity contribution >= 4 is 11.9 Å². The average Bonchev–Trinajstić information content (AvgIpc) is 2.80. The molecule has 6 heteroatoms. The van der Waals surface area contributed by atoms with Crippen molar-refractivity contribution in [1.82, 2.24) is 15.3 Å². The molecule has 1 aromatic heterocycles. The van der Waals surface area contributed by atoms with E-state index in [2.05, 4.69) is 15.3 Å². The lowest BCUT2D eigenvalue weighted by atomic mass is 9.89. The van der Waals surface area contributed by atoms with E-state index in [0.29, 0.717) is 12.1 Å². The lowest BCUT2D eigenvalue weighted by molar-refractivity contribution is -0.143. The monoisotopic (exact) mass is 253 g/mol. The van der Waals surface area contributed by atoms with Crippen LogP contribution in [0.3, 0.4) is 0 Å². The normalized spacial score (nSPS) is 13.1. The Kier molecular flexibility index (Phi) is 4.47. The van der Waals surface area contributed by atoms with Gasteiger partial charge in [0.25, 0.3) is 0 Å². The van der Waals surface area contributed by atoms with Crippen LogP contribution < -0.4 is 5.32 Å². The highest BCUT2D eigenvalue weighted by Crippen LogP contribution is 2.19. The van der Waals surface area contributed by atoms with Crippen molar-refractivity contribution in [3.05, 3.63) is 18.2 Å². The molecular weight excluding hydrogens is 234 g/mol. The van der Waals surface area contributed by atoms with Crippen molar-refractivity contribution < 1.29 is 14.7 Å². The van der Waals surface area contributed by atoms with Crippen LogP contribution in [-0.4, -0.2) is 33.0 Å². The summed E-state index contributed by atoms with van der Waals surface area (Å²) in [5, 5.41) is 11.7. The van der Waals surface area contributed by atoms with Crippen molar-refractivity contribution in [2.24, 2.45) is 5.41 Å². The van der Waals surface area contributed by atoms with Gasteiger partial charge in [-0.2, -0.15) is 0 Å². The Bertz CT molecular complexity index is 412. The van der Waals surface area contributed by atoms with Crippen molar-refractivity contribution in [2.75, 3.05) is 0 Å². The fraction of sp³-hybridized carbons (Fsp3) is 0.583. The molecule has 1 heterocycles. The van der Waals surface area contributed by atoms with Crippen LogP contribution in [0.1, 0.15) is 32.9 Å². The summed E-state index contributed by atoms with van der Waals surface area (Å²) in [6.07, 6.45) is 3.87. The highest BCUT2D eigenvalue weighted by molar-refractivity contribution is 5.87. The second kappa shape index (κ2) is 5.66. The number of rotatable bonds is 6. The number of carbonyl (C=O) groups excluding carboxylic acids is 1. The van der Waals surface area contributed by atoms with Gasteiger partial charge in [0.1, 0.15) is 6.04 Å². The Morgan fingerprint density at radius 3 is 2.67 bits per heavy atom. The number of aromatic amines is 1. The van der Waals surface area contributed by atoms with Crippen molar-refractivity contribution in [3.8, 4) is 0 Å². The molecule has 0 fully saturated rings. The zero-order valence-electron chi connectivity index (χ0n) is 10.9. The Balaban J connectivity index is 2.70. The van der Waals surface area contributed by atoms with Gasteiger partial charge in [-0.25, -0.2) is 9.78 Å². The van der Waals surface area contributed by atoms with E-state index in [1.165, 1.54) is 6.33 Å². The molecule has 0 spiro atoms. The summed E-state index contributed by atoms with van der Waals surface area (Å²) in [4.78, 5) is 29.7. The minimum absolute atomic E-state index is 0.195. The molecule has 0 aliphatic carbocycles. The van der Waals surface area contributed by atoms with E-state index < -0.39 is 17.4 Å². The molecule has 0 unspecified atom stereocenters. The quantitative estimate of drug-likeness (QED) is 0.703. The molecule has 1 amide bonds. The van der Waals surface area contributed by atoms with E-state index in [1.807, 2.05) is 6.92 Å². The SMILES string of the molecule is CCC(C)(C)C(=O)N[C@@H](Cc1cnc[nH]1)C(=O)O. The van der Waals surface area contributed by atoms with Gasteiger partial charge in [-0.1, -0.05) is 20.8 Å². The van der Waals surface area contributed by atoms with E-state index in [9.17, 15) is 9.59 Å². The third kappa shape index (κ3) is 3.58. The van der Waals surface area contributed by atoms with Gasteiger partial charge in [0.2, 0.25) is 5.91 Å². The molecule has 6 nitrogen and oxygen atoms in total. The first kappa shape index (κ1) is 14.2. The van der Waals surface area contributed by atoms with Gasteiger partial charge >= 0.3 is 5.97 Å². The Morgan fingerprint density at radius 2 is 2.22 bits per heavy atom. The molecule has 18 heavy (non-hydrogen) atoms. The number of imidazole rings is 1. The maximum absolute atomic E-state index is 11.9. The number of amides is 1. The van der Waals surface area contributed by atoms with Gasteiger partial charge in [-0.3, -0.25) is 4.79 Å². The summed E-state index contributed by atoms with van der Waals surface area (Å²) < 4.78 is 0. The zero-order valence-corrected chi connectivity index (χ0v) is 10.9. The summed E-state index contributed by atoms with van der Waals surface area (Å²) in [7, 11) is 0. The minimum Gasteiger partial charge on any atom is -0.480 e. The van der Waals surface area contributed by atoms with Gasteiger partial charge in [-0.15, -0.1) is 0 Å². The Hall–Kier alpha value is -1.85. The minimum atomic E-state index is -1.05. The van der Waals surface area contributed by atoms with Crippen LogP contribution in [0, 0.1) is 5.41 Å². The number of carboxylic acid groups (broad SMARTS) is 1. The third-order valence-corrected chi connectivity index (χ3v) is 3.08. The van der Waals surface area contributed by atoms with Crippen LogP contribution in [0.2, 0.25) is 0 Å². The first-order valence-electron chi connectivity index (χ1n) is 5.88. The number of hydrogen-bond donors (Lipinski definition) is 3. The smallest absolute Gasteiger partial charge is 0.326 e. The predicted octanol–water partition coefficient (Wildman–Crippen LogP) is 0.958. The van der Waals surface area contributed by atoms with E-state index >= 15 is 0 Å². The number of aromatic nitrogens is 2. The fourth-order valence-corrected chi connectivity index (χ4v) is 1.33. The van der Waals surface area contributed by atoms with Crippen LogP contribution in [0.25, 0.3) is 0 Å². The maximum atomic E-state index is 11.9. The Labute approximate surface area is 106 Å². The van der Waals surface area contributed by atoms with Gasteiger partial charge < -0.3 is 15.4 Å². The number of nitrogens with zero attached hydrogens (tertiary/aromatic N) is 1. The molecule has 0 radical (unpaired) electrons. The summed E-state index contributed by atoms with van der Waals surface area (Å²) >= 11 is 0. The first-order valence-corrected chi connectivity index (χ1v) is 5.88. The van der Waals surface area contributed by atoms with Gasteiger partial charge in [0, 0.05) is 23.7 Å². The maximum Gasteiger partial charge on any atom is 0.326 e.